The summed E-state index contributed by atoms with van der Waals surface area (Å²) in [6.07, 6.45) is 4.07. The van der Waals surface area contributed by atoms with E-state index in [1.807, 2.05) is 0 Å². The second kappa shape index (κ2) is 7.70. The number of hydrogen-bond donors (Lipinski definition) is 2. The molecule has 0 aliphatic carbocycles. The van der Waals surface area contributed by atoms with Crippen molar-refractivity contribution in [2.75, 3.05) is 11.9 Å². The Kier molecular flexibility index (Phi) is 5.37. The van der Waals surface area contributed by atoms with Crippen molar-refractivity contribution in [3.63, 3.8) is 0 Å². The van der Waals surface area contributed by atoms with Gasteiger partial charge in [-0.05, 0) is 37.5 Å². The van der Waals surface area contributed by atoms with Gasteiger partial charge in [0.25, 0.3) is 11.8 Å². The smallest absolute Gasteiger partial charge is 0.287 e. The SMILES string of the molecule is C=CCNC(=O)c1nc(C(=O)Nc2ccc(F)c(Cl)c2)c2n1CCCC2. The Morgan fingerprint density at radius 3 is 2.88 bits per heavy atom. The molecule has 0 bridgehead atoms. The monoisotopic (exact) mass is 376 g/mol. The van der Waals surface area contributed by atoms with Crippen LogP contribution in [0.25, 0.3) is 0 Å². The van der Waals surface area contributed by atoms with Gasteiger partial charge < -0.3 is 15.2 Å². The molecule has 26 heavy (non-hydrogen) atoms. The van der Waals surface area contributed by atoms with Crippen LogP contribution in [0.1, 0.15) is 39.6 Å². The quantitative estimate of drug-likeness (QED) is 0.787. The van der Waals surface area contributed by atoms with Crippen LogP contribution in [0.2, 0.25) is 5.02 Å². The summed E-state index contributed by atoms with van der Waals surface area (Å²) in [7, 11) is 0. The second-order valence-corrected chi connectivity index (χ2v) is 6.33. The number of halogens is 2. The van der Waals surface area contributed by atoms with Gasteiger partial charge >= 0.3 is 0 Å². The van der Waals surface area contributed by atoms with E-state index in [2.05, 4.69) is 22.2 Å². The number of imidazole rings is 1. The number of rotatable bonds is 5. The molecule has 0 saturated heterocycles. The Balaban J connectivity index is 1.89. The molecule has 8 heteroatoms. The fourth-order valence-electron chi connectivity index (χ4n) is 2.91. The number of carbonyl (C=O) groups is 2. The number of amides is 2. The lowest BCUT2D eigenvalue weighted by Crippen LogP contribution is -2.28. The van der Waals surface area contributed by atoms with Crippen LogP contribution < -0.4 is 10.6 Å². The van der Waals surface area contributed by atoms with Crippen molar-refractivity contribution >= 4 is 29.1 Å². The maximum Gasteiger partial charge on any atom is 0.287 e. The molecule has 1 aromatic heterocycles. The zero-order valence-corrected chi connectivity index (χ0v) is 14.8. The molecule has 2 N–H and O–H groups in total. The van der Waals surface area contributed by atoms with Crippen molar-refractivity contribution in [2.24, 2.45) is 0 Å². The van der Waals surface area contributed by atoms with Crippen molar-refractivity contribution < 1.29 is 14.0 Å². The van der Waals surface area contributed by atoms with Crippen molar-refractivity contribution in [1.82, 2.24) is 14.9 Å². The number of nitrogens with one attached hydrogen (secondary N) is 2. The zero-order valence-electron chi connectivity index (χ0n) is 14.0. The van der Waals surface area contributed by atoms with E-state index in [9.17, 15) is 14.0 Å². The molecule has 0 spiro atoms. The summed E-state index contributed by atoms with van der Waals surface area (Å²) in [5.41, 5.74) is 1.29. The lowest BCUT2D eigenvalue weighted by atomic mass is 10.1. The van der Waals surface area contributed by atoms with E-state index >= 15 is 0 Å². The molecule has 2 amide bonds. The fraction of sp³-hybridized carbons (Fsp3) is 0.278. The van der Waals surface area contributed by atoms with Gasteiger partial charge in [-0.1, -0.05) is 17.7 Å². The molecule has 0 atom stereocenters. The summed E-state index contributed by atoms with van der Waals surface area (Å²) in [4.78, 5) is 29.3. The van der Waals surface area contributed by atoms with Crippen LogP contribution in [0.15, 0.2) is 30.9 Å². The highest BCUT2D eigenvalue weighted by atomic mass is 35.5. The number of carbonyl (C=O) groups excluding carboxylic acids is 2. The van der Waals surface area contributed by atoms with E-state index in [0.717, 1.165) is 18.5 Å². The molecule has 0 fully saturated rings. The molecule has 6 nitrogen and oxygen atoms in total. The molecule has 2 aromatic rings. The minimum atomic E-state index is -0.565. The van der Waals surface area contributed by atoms with Crippen LogP contribution in [0, 0.1) is 5.82 Å². The van der Waals surface area contributed by atoms with Crippen molar-refractivity contribution in [1.29, 1.82) is 0 Å². The molecule has 0 saturated carbocycles. The van der Waals surface area contributed by atoms with Gasteiger partial charge in [-0.2, -0.15) is 0 Å². The fourth-order valence-corrected chi connectivity index (χ4v) is 3.09. The summed E-state index contributed by atoms with van der Waals surface area (Å²) in [6.45, 7) is 4.51. The summed E-state index contributed by atoms with van der Waals surface area (Å²) >= 11 is 5.75. The van der Waals surface area contributed by atoms with Crippen LogP contribution in [-0.2, 0) is 13.0 Å². The summed E-state index contributed by atoms with van der Waals surface area (Å²) in [6, 6.07) is 3.92. The van der Waals surface area contributed by atoms with Gasteiger partial charge in [0, 0.05) is 18.8 Å². The van der Waals surface area contributed by atoms with Crippen molar-refractivity contribution in [3.05, 3.63) is 58.9 Å². The summed E-state index contributed by atoms with van der Waals surface area (Å²) in [5.74, 6) is -1.16. The average Bonchev–Trinajstić information content (AvgIpc) is 3.03. The van der Waals surface area contributed by atoms with Gasteiger partial charge in [0.15, 0.2) is 11.5 Å². The van der Waals surface area contributed by atoms with E-state index < -0.39 is 11.7 Å². The molecular weight excluding hydrogens is 359 g/mol. The largest absolute Gasteiger partial charge is 0.346 e. The Bertz CT molecular complexity index is 878. The lowest BCUT2D eigenvalue weighted by molar-refractivity contribution is 0.0942. The molecular formula is C18H18ClFN4O2. The standard InChI is InChI=1S/C18H18ClFN4O2/c1-2-8-21-18(26)16-23-15(14-5-3-4-9-24(14)16)17(25)22-11-6-7-13(20)12(19)10-11/h2,6-7,10H,1,3-5,8-9H2,(H,21,26)(H,22,25). The highest BCUT2D eigenvalue weighted by Gasteiger charge is 2.27. The van der Waals surface area contributed by atoms with E-state index in [1.54, 1.807) is 10.6 Å². The summed E-state index contributed by atoms with van der Waals surface area (Å²) in [5, 5.41) is 5.26. The molecule has 1 aliphatic rings. The third-order valence-corrected chi connectivity index (χ3v) is 4.41. The van der Waals surface area contributed by atoms with Gasteiger partial charge in [0.2, 0.25) is 0 Å². The molecule has 0 unspecified atom stereocenters. The van der Waals surface area contributed by atoms with E-state index in [0.29, 0.717) is 25.2 Å². The summed E-state index contributed by atoms with van der Waals surface area (Å²) < 4.78 is 15.1. The average molecular weight is 377 g/mol. The number of aromatic nitrogens is 2. The first-order chi connectivity index (χ1) is 12.5. The molecule has 1 aromatic carbocycles. The Morgan fingerprint density at radius 1 is 1.35 bits per heavy atom. The molecule has 136 valence electrons. The maximum absolute atomic E-state index is 13.3. The van der Waals surface area contributed by atoms with Gasteiger partial charge in [-0.3, -0.25) is 9.59 Å². The first kappa shape index (κ1) is 18.1. The minimum Gasteiger partial charge on any atom is -0.346 e. The number of anilines is 1. The van der Waals surface area contributed by atoms with Gasteiger partial charge in [-0.15, -0.1) is 6.58 Å². The van der Waals surface area contributed by atoms with Crippen molar-refractivity contribution in [2.45, 2.75) is 25.8 Å². The Labute approximate surface area is 155 Å². The van der Waals surface area contributed by atoms with Gasteiger partial charge in [0.05, 0.1) is 10.7 Å². The Morgan fingerprint density at radius 2 is 2.15 bits per heavy atom. The second-order valence-electron chi connectivity index (χ2n) is 5.92. The van der Waals surface area contributed by atoms with Crippen LogP contribution in [0.4, 0.5) is 10.1 Å². The normalized spacial score (nSPS) is 13.0. The zero-order chi connectivity index (χ0) is 18.7. The van der Waals surface area contributed by atoms with E-state index in [4.69, 9.17) is 11.6 Å². The van der Waals surface area contributed by atoms with Crippen LogP contribution in [0.5, 0.6) is 0 Å². The van der Waals surface area contributed by atoms with E-state index in [1.165, 1.54) is 18.2 Å². The molecule has 1 aliphatic heterocycles. The first-order valence-electron chi connectivity index (χ1n) is 8.26. The van der Waals surface area contributed by atoms with Gasteiger partial charge in [0.1, 0.15) is 5.82 Å². The Hall–Kier alpha value is -2.67. The number of fused-ring (bicyclic) bond motifs is 1. The van der Waals surface area contributed by atoms with Crippen LogP contribution in [-0.4, -0.2) is 27.9 Å². The highest BCUT2D eigenvalue weighted by molar-refractivity contribution is 6.31. The third-order valence-electron chi connectivity index (χ3n) is 4.12. The number of nitrogens with zero attached hydrogens (tertiary/aromatic N) is 2. The predicted molar refractivity (Wildman–Crippen MR) is 97.1 cm³/mol. The van der Waals surface area contributed by atoms with Gasteiger partial charge in [-0.25, -0.2) is 9.37 Å². The minimum absolute atomic E-state index is 0.0841. The van der Waals surface area contributed by atoms with E-state index in [-0.39, 0.29) is 22.4 Å². The van der Waals surface area contributed by atoms with Crippen LogP contribution >= 0.6 is 11.6 Å². The molecule has 3 rings (SSSR count). The highest BCUT2D eigenvalue weighted by Crippen LogP contribution is 2.23. The molecule has 2 heterocycles. The predicted octanol–water partition coefficient (Wildman–Crippen LogP) is 3.18. The molecule has 0 radical (unpaired) electrons. The number of benzene rings is 1. The number of hydrogen-bond acceptors (Lipinski definition) is 3. The van der Waals surface area contributed by atoms with Crippen LogP contribution in [0.3, 0.4) is 0 Å². The maximum atomic E-state index is 13.3. The lowest BCUT2D eigenvalue weighted by Gasteiger charge is -2.17. The topological polar surface area (TPSA) is 76.0 Å². The first-order valence-corrected chi connectivity index (χ1v) is 8.64. The van der Waals surface area contributed by atoms with Crippen molar-refractivity contribution in [3.8, 4) is 0 Å². The third kappa shape index (κ3) is 3.62.